The molecular formula is C24H37ClN4O3. The van der Waals surface area contributed by atoms with Gasteiger partial charge in [-0.15, -0.1) is 0 Å². The zero-order chi connectivity index (χ0) is 23.1. The summed E-state index contributed by atoms with van der Waals surface area (Å²) in [5, 5.41) is 3.54. The van der Waals surface area contributed by atoms with E-state index in [0.29, 0.717) is 56.6 Å². The van der Waals surface area contributed by atoms with Crippen LogP contribution in [0.4, 0.5) is 10.5 Å². The molecular weight excluding hydrogens is 428 g/mol. The third-order valence-electron chi connectivity index (χ3n) is 6.39. The molecule has 0 spiro atoms. The van der Waals surface area contributed by atoms with Crippen LogP contribution in [0, 0.1) is 11.3 Å². The molecule has 1 aromatic carbocycles. The monoisotopic (exact) mass is 464 g/mol. The van der Waals surface area contributed by atoms with Crippen molar-refractivity contribution in [3.05, 3.63) is 28.8 Å². The second-order valence-electron chi connectivity index (χ2n) is 9.73. The second kappa shape index (κ2) is 11.3. The zero-order valence-corrected chi connectivity index (χ0v) is 20.1. The molecule has 2 fully saturated rings. The Bertz CT molecular complexity index is 789. The van der Waals surface area contributed by atoms with Crippen LogP contribution in [-0.4, -0.2) is 61.1 Å². The number of nitrogens with two attached hydrogens (primary N) is 1. The average Bonchev–Trinajstić information content (AvgIpc) is 2.81. The summed E-state index contributed by atoms with van der Waals surface area (Å²) in [6, 6.07) is 5.29. The van der Waals surface area contributed by atoms with Gasteiger partial charge in [0.05, 0.1) is 13.2 Å². The summed E-state index contributed by atoms with van der Waals surface area (Å²) in [6.07, 6.45) is 5.31. The Morgan fingerprint density at radius 1 is 1.22 bits per heavy atom. The van der Waals surface area contributed by atoms with E-state index in [9.17, 15) is 9.59 Å². The number of carbonyl (C=O) groups is 2. The molecule has 8 heteroatoms. The van der Waals surface area contributed by atoms with Gasteiger partial charge >= 0.3 is 6.03 Å². The van der Waals surface area contributed by atoms with Crippen LogP contribution in [0.25, 0.3) is 0 Å². The number of halogens is 1. The standard InChI is InChI=1S/C24H37ClN4O3/c1-24(2,16-26)17-29(22(30)18-6-4-3-5-7-18)15-19-14-20(8-9-21(19)25)27-23(31)28-10-12-32-13-11-28/h8-9,14,18H,3-7,10-13,15-17,26H2,1-2H3,(H,27,31). The van der Waals surface area contributed by atoms with E-state index >= 15 is 0 Å². The third-order valence-corrected chi connectivity index (χ3v) is 6.76. The van der Waals surface area contributed by atoms with Crippen molar-refractivity contribution in [1.82, 2.24) is 9.80 Å². The number of nitrogens with zero attached hydrogens (tertiary/aromatic N) is 2. The first-order valence-corrected chi connectivity index (χ1v) is 12.1. The number of hydrogen-bond acceptors (Lipinski definition) is 4. The van der Waals surface area contributed by atoms with Crippen molar-refractivity contribution in [1.29, 1.82) is 0 Å². The van der Waals surface area contributed by atoms with Gasteiger partial charge in [0.1, 0.15) is 0 Å². The van der Waals surface area contributed by atoms with Crippen LogP contribution >= 0.6 is 11.6 Å². The van der Waals surface area contributed by atoms with E-state index in [1.807, 2.05) is 11.0 Å². The van der Waals surface area contributed by atoms with Gasteiger partial charge in [0.2, 0.25) is 5.91 Å². The van der Waals surface area contributed by atoms with E-state index in [1.165, 1.54) is 6.42 Å². The maximum Gasteiger partial charge on any atom is 0.321 e. The van der Waals surface area contributed by atoms with E-state index in [2.05, 4.69) is 19.2 Å². The Balaban J connectivity index is 1.75. The number of nitrogens with one attached hydrogen (secondary N) is 1. The highest BCUT2D eigenvalue weighted by atomic mass is 35.5. The molecule has 1 saturated heterocycles. The molecule has 0 unspecified atom stereocenters. The van der Waals surface area contributed by atoms with Crippen LogP contribution in [-0.2, 0) is 16.1 Å². The minimum Gasteiger partial charge on any atom is -0.378 e. The topological polar surface area (TPSA) is 87.9 Å². The van der Waals surface area contributed by atoms with E-state index in [0.717, 1.165) is 31.2 Å². The highest BCUT2D eigenvalue weighted by Crippen LogP contribution is 2.29. The van der Waals surface area contributed by atoms with Crippen LogP contribution in [0.15, 0.2) is 18.2 Å². The lowest BCUT2D eigenvalue weighted by molar-refractivity contribution is -0.138. The number of benzene rings is 1. The lowest BCUT2D eigenvalue weighted by Gasteiger charge is -2.35. The fraction of sp³-hybridized carbons (Fsp3) is 0.667. The number of amides is 3. The van der Waals surface area contributed by atoms with Crippen molar-refractivity contribution >= 4 is 29.2 Å². The average molecular weight is 465 g/mol. The number of ether oxygens (including phenoxy) is 1. The second-order valence-corrected chi connectivity index (χ2v) is 10.1. The van der Waals surface area contributed by atoms with Gasteiger partial charge < -0.3 is 25.6 Å². The summed E-state index contributed by atoms with van der Waals surface area (Å²) in [5.74, 6) is 0.255. The minimum atomic E-state index is -0.195. The van der Waals surface area contributed by atoms with Gasteiger partial charge in [-0.1, -0.05) is 44.7 Å². The molecule has 1 saturated carbocycles. The van der Waals surface area contributed by atoms with Crippen LogP contribution in [0.3, 0.4) is 0 Å². The van der Waals surface area contributed by atoms with Gasteiger partial charge in [-0.3, -0.25) is 4.79 Å². The summed E-state index contributed by atoms with van der Waals surface area (Å²) in [5.41, 5.74) is 7.28. The molecule has 1 aliphatic carbocycles. The molecule has 2 aliphatic rings. The maximum absolute atomic E-state index is 13.4. The van der Waals surface area contributed by atoms with E-state index in [-0.39, 0.29) is 23.3 Å². The first-order valence-electron chi connectivity index (χ1n) is 11.7. The molecule has 1 heterocycles. The van der Waals surface area contributed by atoms with Gasteiger partial charge in [0, 0.05) is 42.8 Å². The number of anilines is 1. The summed E-state index contributed by atoms with van der Waals surface area (Å²) < 4.78 is 5.31. The van der Waals surface area contributed by atoms with Crippen LogP contribution < -0.4 is 11.1 Å². The Hall–Kier alpha value is -1.83. The minimum absolute atomic E-state index is 0.0697. The highest BCUT2D eigenvalue weighted by molar-refractivity contribution is 6.31. The Labute approximate surface area is 196 Å². The number of carbonyl (C=O) groups excluding carboxylic acids is 2. The fourth-order valence-corrected chi connectivity index (χ4v) is 4.53. The molecule has 1 aliphatic heterocycles. The number of morpholine rings is 1. The number of rotatable bonds is 7. The summed E-state index contributed by atoms with van der Waals surface area (Å²) in [6.45, 7) is 7.86. The molecule has 1 aromatic rings. The Morgan fingerprint density at radius 2 is 1.91 bits per heavy atom. The van der Waals surface area contributed by atoms with Gasteiger partial charge in [0.15, 0.2) is 0 Å². The van der Waals surface area contributed by atoms with Gasteiger partial charge in [-0.25, -0.2) is 4.79 Å². The number of urea groups is 1. The summed E-state index contributed by atoms with van der Waals surface area (Å²) in [4.78, 5) is 29.7. The molecule has 0 radical (unpaired) electrons. The van der Waals surface area contributed by atoms with Crippen LogP contribution in [0.2, 0.25) is 5.02 Å². The predicted octanol–water partition coefficient (Wildman–Crippen LogP) is 4.10. The predicted molar refractivity (Wildman–Crippen MR) is 128 cm³/mol. The molecule has 7 nitrogen and oxygen atoms in total. The van der Waals surface area contributed by atoms with E-state index in [1.54, 1.807) is 17.0 Å². The van der Waals surface area contributed by atoms with E-state index in [4.69, 9.17) is 22.1 Å². The fourth-order valence-electron chi connectivity index (χ4n) is 4.35. The number of hydrogen-bond donors (Lipinski definition) is 2. The van der Waals surface area contributed by atoms with Crippen molar-refractivity contribution in [2.24, 2.45) is 17.1 Å². The summed E-state index contributed by atoms with van der Waals surface area (Å²) >= 11 is 6.52. The van der Waals surface area contributed by atoms with Crippen molar-refractivity contribution in [3.63, 3.8) is 0 Å². The molecule has 0 aromatic heterocycles. The highest BCUT2D eigenvalue weighted by Gasteiger charge is 2.30. The smallest absolute Gasteiger partial charge is 0.321 e. The van der Waals surface area contributed by atoms with Crippen LogP contribution in [0.1, 0.15) is 51.5 Å². The normalized spacial score (nSPS) is 17.8. The maximum atomic E-state index is 13.4. The Kier molecular flexibility index (Phi) is 8.79. The van der Waals surface area contributed by atoms with E-state index < -0.39 is 0 Å². The molecule has 32 heavy (non-hydrogen) atoms. The first-order chi connectivity index (χ1) is 15.3. The Morgan fingerprint density at radius 3 is 2.56 bits per heavy atom. The quantitative estimate of drug-likeness (QED) is 0.635. The van der Waals surface area contributed by atoms with Crippen molar-refractivity contribution < 1.29 is 14.3 Å². The third kappa shape index (κ3) is 6.83. The molecule has 0 atom stereocenters. The van der Waals surface area contributed by atoms with Gasteiger partial charge in [0.25, 0.3) is 0 Å². The molecule has 3 N–H and O–H groups in total. The van der Waals surface area contributed by atoms with Crippen molar-refractivity contribution in [3.8, 4) is 0 Å². The largest absolute Gasteiger partial charge is 0.378 e. The zero-order valence-electron chi connectivity index (χ0n) is 19.4. The SMILES string of the molecule is CC(C)(CN)CN(Cc1cc(NC(=O)N2CCOCC2)ccc1Cl)C(=O)C1CCCCC1. The van der Waals surface area contributed by atoms with Gasteiger partial charge in [-0.05, 0) is 48.6 Å². The summed E-state index contributed by atoms with van der Waals surface area (Å²) in [7, 11) is 0. The molecule has 0 bridgehead atoms. The lowest BCUT2D eigenvalue weighted by Crippen LogP contribution is -2.44. The van der Waals surface area contributed by atoms with Crippen LogP contribution in [0.5, 0.6) is 0 Å². The van der Waals surface area contributed by atoms with Gasteiger partial charge in [-0.2, -0.15) is 0 Å². The molecule has 178 valence electrons. The molecule has 3 amide bonds. The molecule has 3 rings (SSSR count). The first kappa shape index (κ1) is 24.8. The van der Waals surface area contributed by atoms with Crippen molar-refractivity contribution in [2.45, 2.75) is 52.5 Å². The lowest BCUT2D eigenvalue weighted by atomic mass is 9.86. The van der Waals surface area contributed by atoms with Crippen molar-refractivity contribution in [2.75, 3.05) is 44.7 Å².